The number of carbonyl (C=O) groups excluding carboxylic acids is 1. The van der Waals surface area contributed by atoms with E-state index < -0.39 is 17.8 Å². The number of nitrogens with zero attached hydrogens (tertiary/aromatic N) is 6. The maximum atomic E-state index is 15.6. The van der Waals surface area contributed by atoms with Gasteiger partial charge in [-0.1, -0.05) is 36.4 Å². The lowest BCUT2D eigenvalue weighted by Gasteiger charge is -2.42. The van der Waals surface area contributed by atoms with Gasteiger partial charge in [-0.3, -0.25) is 4.79 Å². The van der Waals surface area contributed by atoms with Gasteiger partial charge in [-0.05, 0) is 35.9 Å². The number of piperazine rings is 1. The molecule has 0 saturated carbocycles. The molecular formula is C34H36ClF2N6O4Si. The second kappa shape index (κ2) is 14.7. The van der Waals surface area contributed by atoms with Crippen LogP contribution in [0.4, 0.5) is 20.3 Å². The molecule has 0 spiro atoms. The summed E-state index contributed by atoms with van der Waals surface area (Å²) in [7, 11) is 5.46. The van der Waals surface area contributed by atoms with E-state index in [2.05, 4.69) is 22.9 Å². The third-order valence-corrected chi connectivity index (χ3v) is 10.4. The molecule has 2 fully saturated rings. The van der Waals surface area contributed by atoms with Crippen LogP contribution >= 0.6 is 11.6 Å². The Morgan fingerprint density at radius 1 is 1.21 bits per heavy atom. The van der Waals surface area contributed by atoms with Gasteiger partial charge in [0.05, 0.1) is 54.2 Å². The Hall–Kier alpha value is -3.83. The van der Waals surface area contributed by atoms with Crippen LogP contribution in [-0.2, 0) is 27.2 Å². The Kier molecular flexibility index (Phi) is 10.5. The molecule has 2 saturated heterocycles. The summed E-state index contributed by atoms with van der Waals surface area (Å²) in [5.41, 5.74) is 2.12. The molecule has 1 aromatic heterocycles. The third-order valence-electron chi connectivity index (χ3n) is 9.35. The number of anilines is 2. The second-order valence-electron chi connectivity index (χ2n) is 12.3. The number of rotatable bonds is 9. The normalized spacial score (nSPS) is 22.7. The number of halogens is 3. The fourth-order valence-corrected chi connectivity index (χ4v) is 7.64. The van der Waals surface area contributed by atoms with Crippen molar-refractivity contribution in [3.8, 4) is 12.1 Å². The van der Waals surface area contributed by atoms with E-state index in [1.807, 2.05) is 21.9 Å². The van der Waals surface area contributed by atoms with Crippen molar-refractivity contribution in [2.45, 2.75) is 43.5 Å². The number of nitriles is 1. The van der Waals surface area contributed by atoms with Crippen LogP contribution in [0, 0.1) is 23.1 Å². The SMILES string of the molecule is C=C(F)C(=O)N1CCN(c2nc(OCC3OCCC([Si])[C@H]3COC)nc3c2CCN(c2c(F)ccc4cccc(Cl)c24)C3)C[C@@H]1CC#N. The summed E-state index contributed by atoms with van der Waals surface area (Å²) >= 11 is 6.61. The van der Waals surface area contributed by atoms with Gasteiger partial charge in [0.15, 0.2) is 5.83 Å². The van der Waals surface area contributed by atoms with Gasteiger partial charge in [0.2, 0.25) is 0 Å². The molecule has 3 aliphatic rings. The average Bonchev–Trinajstić information content (AvgIpc) is 3.08. The molecule has 4 atom stereocenters. The van der Waals surface area contributed by atoms with E-state index >= 15 is 4.39 Å². The van der Waals surface area contributed by atoms with Crippen LogP contribution in [0.1, 0.15) is 24.1 Å². The van der Waals surface area contributed by atoms with E-state index in [1.54, 1.807) is 19.2 Å². The standard InChI is InChI=1S/C34H36ClF2N6O4Si/c1-20(36)33(44)43-14-13-42(16-22(43)8-11-38)32-23-9-12-41(31-26(37)7-6-21-4-3-5-25(35)30(21)31)17-27(23)39-34(40-32)47-19-28-24(18-45-2)29(48)10-15-46-28/h3-7,22,24,28-29H,1,8-10,12-19H2,2H3/t22-,24-,28?,29?/m0/s1. The van der Waals surface area contributed by atoms with E-state index in [-0.39, 0.29) is 62.1 Å². The van der Waals surface area contributed by atoms with Gasteiger partial charge in [-0.25, -0.2) is 8.78 Å². The number of amides is 1. The molecule has 1 amide bonds. The number of benzene rings is 2. The van der Waals surface area contributed by atoms with Crippen LogP contribution < -0.4 is 14.5 Å². The fraction of sp³-hybridized carbons (Fsp3) is 0.471. The van der Waals surface area contributed by atoms with E-state index in [0.717, 1.165) is 17.4 Å². The first-order chi connectivity index (χ1) is 23.2. The van der Waals surface area contributed by atoms with Crippen LogP contribution in [-0.4, -0.2) is 96.3 Å². The molecule has 14 heteroatoms. The van der Waals surface area contributed by atoms with E-state index in [0.29, 0.717) is 60.3 Å². The van der Waals surface area contributed by atoms with Crippen LogP contribution in [0.3, 0.4) is 0 Å². The van der Waals surface area contributed by atoms with Crippen molar-refractivity contribution in [3.05, 3.63) is 64.8 Å². The van der Waals surface area contributed by atoms with Gasteiger partial charge in [0.25, 0.3) is 5.91 Å². The van der Waals surface area contributed by atoms with Gasteiger partial charge >= 0.3 is 6.01 Å². The average molecular weight is 694 g/mol. The largest absolute Gasteiger partial charge is 0.461 e. The maximum Gasteiger partial charge on any atom is 0.318 e. The summed E-state index contributed by atoms with van der Waals surface area (Å²) in [5.74, 6) is -1.61. The van der Waals surface area contributed by atoms with Crippen molar-refractivity contribution in [2.75, 3.05) is 62.9 Å². The molecule has 10 nitrogen and oxygen atoms in total. The molecule has 6 rings (SSSR count). The summed E-state index contributed by atoms with van der Waals surface area (Å²) in [5, 5.41) is 11.4. The Morgan fingerprint density at radius 2 is 2.04 bits per heavy atom. The Labute approximate surface area is 286 Å². The van der Waals surface area contributed by atoms with E-state index in [9.17, 15) is 14.4 Å². The molecule has 0 N–H and O–H groups in total. The van der Waals surface area contributed by atoms with Crippen molar-refractivity contribution in [3.63, 3.8) is 0 Å². The highest BCUT2D eigenvalue weighted by Gasteiger charge is 2.36. The zero-order chi connectivity index (χ0) is 33.9. The minimum absolute atomic E-state index is 0.00843. The topological polar surface area (TPSA) is 104 Å². The smallest absolute Gasteiger partial charge is 0.318 e. The van der Waals surface area contributed by atoms with Crippen LogP contribution in [0.2, 0.25) is 10.6 Å². The molecule has 48 heavy (non-hydrogen) atoms. The molecule has 0 bridgehead atoms. The molecule has 2 unspecified atom stereocenters. The number of carbonyl (C=O) groups is 1. The maximum absolute atomic E-state index is 15.6. The summed E-state index contributed by atoms with van der Waals surface area (Å²) < 4.78 is 47.2. The van der Waals surface area contributed by atoms with Crippen molar-refractivity contribution in [1.82, 2.24) is 14.9 Å². The zero-order valence-corrected chi connectivity index (χ0v) is 28.4. The summed E-state index contributed by atoms with van der Waals surface area (Å²) in [6, 6.07) is 10.3. The molecule has 3 radical (unpaired) electrons. The van der Waals surface area contributed by atoms with E-state index in [1.165, 1.54) is 11.0 Å². The molecule has 251 valence electrons. The first-order valence-corrected chi connectivity index (χ1v) is 16.9. The molecule has 4 heterocycles. The van der Waals surface area contributed by atoms with Gasteiger partial charge < -0.3 is 28.9 Å². The lowest BCUT2D eigenvalue weighted by atomic mass is 9.95. The highest BCUT2D eigenvalue weighted by molar-refractivity contribution is 6.36. The first-order valence-electron chi connectivity index (χ1n) is 15.9. The summed E-state index contributed by atoms with van der Waals surface area (Å²) in [6.07, 6.45) is 1.08. The molecule has 3 aliphatic heterocycles. The Balaban J connectivity index is 1.35. The molecule has 3 aromatic rings. The summed E-state index contributed by atoms with van der Waals surface area (Å²) in [4.78, 5) is 27.6. The van der Waals surface area contributed by atoms with E-state index in [4.69, 9.17) is 35.8 Å². The van der Waals surface area contributed by atoms with Crippen molar-refractivity contribution in [1.29, 1.82) is 5.26 Å². The summed E-state index contributed by atoms with van der Waals surface area (Å²) in [6.45, 7) is 5.90. The fourth-order valence-electron chi connectivity index (χ4n) is 6.94. The number of hydrogen-bond acceptors (Lipinski definition) is 9. The Bertz CT molecular complexity index is 1740. The highest BCUT2D eigenvalue weighted by Crippen LogP contribution is 2.39. The van der Waals surface area contributed by atoms with Crippen LogP contribution in [0.15, 0.2) is 42.7 Å². The van der Waals surface area contributed by atoms with Gasteiger partial charge in [-0.15, -0.1) is 0 Å². The van der Waals surface area contributed by atoms with Crippen LogP contribution in [0.5, 0.6) is 6.01 Å². The molecule has 0 aliphatic carbocycles. The number of aromatic nitrogens is 2. The first kappa shape index (κ1) is 34.0. The molecule has 2 aromatic carbocycles. The number of fused-ring (bicyclic) bond motifs is 2. The van der Waals surface area contributed by atoms with Crippen LogP contribution in [0.25, 0.3) is 10.8 Å². The Morgan fingerprint density at radius 3 is 2.81 bits per heavy atom. The predicted octanol–water partition coefficient (Wildman–Crippen LogP) is 4.79. The molecular weight excluding hydrogens is 658 g/mol. The lowest BCUT2D eigenvalue weighted by Crippen LogP contribution is -2.55. The number of methoxy groups -OCH3 is 1. The second-order valence-corrected chi connectivity index (χ2v) is 13.4. The number of hydrogen-bond donors (Lipinski definition) is 0. The van der Waals surface area contributed by atoms with Gasteiger partial charge in [0.1, 0.15) is 18.2 Å². The zero-order valence-electron chi connectivity index (χ0n) is 26.6. The minimum atomic E-state index is -1.07. The quantitative estimate of drug-likeness (QED) is 0.231. The van der Waals surface area contributed by atoms with Crippen molar-refractivity contribution in [2.24, 2.45) is 5.92 Å². The van der Waals surface area contributed by atoms with Gasteiger partial charge in [-0.2, -0.15) is 15.2 Å². The minimum Gasteiger partial charge on any atom is -0.461 e. The highest BCUT2D eigenvalue weighted by atomic mass is 35.5. The van der Waals surface area contributed by atoms with Crippen molar-refractivity contribution >= 4 is 50.0 Å². The van der Waals surface area contributed by atoms with Crippen molar-refractivity contribution < 1.29 is 27.8 Å². The number of ether oxygens (including phenoxy) is 3. The monoisotopic (exact) mass is 693 g/mol. The lowest BCUT2D eigenvalue weighted by molar-refractivity contribution is -0.131. The third kappa shape index (κ3) is 6.85. The predicted molar refractivity (Wildman–Crippen MR) is 179 cm³/mol. The van der Waals surface area contributed by atoms with Gasteiger partial charge in [0, 0.05) is 67.0 Å².